The van der Waals surface area contributed by atoms with Gasteiger partial charge in [0.05, 0.1) is 12.1 Å². The molecule has 1 aromatic carbocycles. The van der Waals surface area contributed by atoms with Crippen LogP contribution in [0.5, 0.6) is 5.75 Å². The molecule has 5 unspecified atom stereocenters. The molecule has 0 aliphatic rings. The van der Waals surface area contributed by atoms with Gasteiger partial charge in [-0.15, -0.1) is 0 Å². The zero-order valence-corrected chi connectivity index (χ0v) is 21.0. The van der Waals surface area contributed by atoms with Gasteiger partial charge in [0.1, 0.15) is 23.9 Å². The number of aliphatic hydroxyl groups is 1. The summed E-state index contributed by atoms with van der Waals surface area (Å²) in [6.45, 7) is 4.81. The lowest BCUT2D eigenvalue weighted by molar-refractivity contribution is -0.143. The highest BCUT2D eigenvalue weighted by molar-refractivity contribution is 5.94. The summed E-state index contributed by atoms with van der Waals surface area (Å²) in [7, 11) is 0. The monoisotopic (exact) mass is 524 g/mol. The molecule has 0 aromatic heterocycles. The van der Waals surface area contributed by atoms with Gasteiger partial charge in [-0.25, -0.2) is 4.79 Å². The number of rotatable bonds is 15. The summed E-state index contributed by atoms with van der Waals surface area (Å²) in [6.07, 6.45) is -1.87. The highest BCUT2D eigenvalue weighted by Gasteiger charge is 2.33. The largest absolute Gasteiger partial charge is 0.508 e. The molecule has 206 valence electrons. The van der Waals surface area contributed by atoms with Crippen molar-refractivity contribution in [2.24, 2.45) is 11.7 Å². The number of nitrogens with one attached hydrogen (secondary N) is 3. The maximum atomic E-state index is 13.0. The fourth-order valence-electron chi connectivity index (χ4n) is 3.38. The van der Waals surface area contributed by atoms with E-state index in [2.05, 4.69) is 16.0 Å². The highest BCUT2D eigenvalue weighted by atomic mass is 16.4. The summed E-state index contributed by atoms with van der Waals surface area (Å²) in [4.78, 5) is 60.7. The second kappa shape index (κ2) is 14.8. The van der Waals surface area contributed by atoms with Gasteiger partial charge in [0.25, 0.3) is 0 Å². The molecule has 0 bridgehead atoms. The summed E-state index contributed by atoms with van der Waals surface area (Å²) < 4.78 is 0. The van der Waals surface area contributed by atoms with Gasteiger partial charge >= 0.3 is 11.9 Å². The molecule has 1 rings (SSSR count). The first kappa shape index (κ1) is 31.3. The number of aliphatic carboxylic acids is 2. The number of carboxylic acids is 2. The molecule has 1 aromatic rings. The maximum absolute atomic E-state index is 13.0. The lowest BCUT2D eigenvalue weighted by atomic mass is 10.0. The zero-order chi connectivity index (χ0) is 28.3. The third kappa shape index (κ3) is 11.3. The van der Waals surface area contributed by atoms with Crippen LogP contribution in [0.4, 0.5) is 0 Å². The summed E-state index contributed by atoms with van der Waals surface area (Å²) in [5.41, 5.74) is 6.23. The fraction of sp³-hybridized carbons (Fsp3) is 0.542. The standard InChI is InChI=1S/C24H36N4O9/c1-12(2)10-17(26-21(33)16(25)8-9-19(31)32)22(34)28-20(13(3)29)23(35)27-18(24(36)37)11-14-4-6-15(30)7-5-14/h4-7,12-13,16-18,20,29-30H,8-11,25H2,1-3H3,(H,26,33)(H,27,35)(H,28,34)(H,31,32)(H,36,37). The SMILES string of the molecule is CC(C)CC(NC(=O)C(N)CCC(=O)O)C(=O)NC(C(=O)NC(Cc1ccc(O)cc1)C(=O)O)C(C)O. The van der Waals surface area contributed by atoms with Crippen molar-refractivity contribution in [1.82, 2.24) is 16.0 Å². The minimum absolute atomic E-state index is 0.0116. The minimum atomic E-state index is -1.54. The number of phenolic OH excluding ortho intramolecular Hbond substituents is 1. The van der Waals surface area contributed by atoms with Crippen LogP contribution in [0.15, 0.2) is 24.3 Å². The van der Waals surface area contributed by atoms with E-state index in [1.54, 1.807) is 13.8 Å². The molecule has 0 saturated carbocycles. The van der Waals surface area contributed by atoms with Gasteiger partial charge in [-0.1, -0.05) is 26.0 Å². The molecule has 37 heavy (non-hydrogen) atoms. The van der Waals surface area contributed by atoms with Gasteiger partial charge in [-0.05, 0) is 43.4 Å². The number of benzene rings is 1. The number of hydrogen-bond acceptors (Lipinski definition) is 8. The molecule has 0 aliphatic carbocycles. The van der Waals surface area contributed by atoms with Crippen LogP contribution < -0.4 is 21.7 Å². The first-order valence-electron chi connectivity index (χ1n) is 11.8. The van der Waals surface area contributed by atoms with E-state index in [1.807, 2.05) is 0 Å². The molecule has 13 heteroatoms. The maximum Gasteiger partial charge on any atom is 0.326 e. The third-order valence-electron chi connectivity index (χ3n) is 5.40. The number of aromatic hydroxyl groups is 1. The van der Waals surface area contributed by atoms with E-state index in [9.17, 15) is 39.3 Å². The van der Waals surface area contributed by atoms with E-state index in [-0.39, 0.29) is 37.4 Å². The predicted molar refractivity (Wildman–Crippen MR) is 131 cm³/mol. The number of amides is 3. The van der Waals surface area contributed by atoms with E-state index in [4.69, 9.17) is 10.8 Å². The van der Waals surface area contributed by atoms with Crippen molar-refractivity contribution >= 4 is 29.7 Å². The lowest BCUT2D eigenvalue weighted by Gasteiger charge is -2.27. The molecule has 5 atom stereocenters. The van der Waals surface area contributed by atoms with Crippen LogP contribution in [-0.4, -0.2) is 80.4 Å². The lowest BCUT2D eigenvalue weighted by Crippen LogP contribution is -2.60. The van der Waals surface area contributed by atoms with Crippen LogP contribution in [-0.2, 0) is 30.4 Å². The summed E-state index contributed by atoms with van der Waals surface area (Å²) in [5, 5.41) is 44.9. The number of carbonyl (C=O) groups excluding carboxylic acids is 3. The molecular weight excluding hydrogens is 488 g/mol. The highest BCUT2D eigenvalue weighted by Crippen LogP contribution is 2.12. The third-order valence-corrected chi connectivity index (χ3v) is 5.40. The van der Waals surface area contributed by atoms with E-state index in [1.165, 1.54) is 31.2 Å². The van der Waals surface area contributed by atoms with Crippen LogP contribution in [0.25, 0.3) is 0 Å². The van der Waals surface area contributed by atoms with Crippen LogP contribution in [0.3, 0.4) is 0 Å². The van der Waals surface area contributed by atoms with Crippen molar-refractivity contribution < 1.29 is 44.4 Å². The average molecular weight is 525 g/mol. The van der Waals surface area contributed by atoms with Crippen LogP contribution in [0.1, 0.15) is 45.6 Å². The van der Waals surface area contributed by atoms with Crippen molar-refractivity contribution in [3.05, 3.63) is 29.8 Å². The van der Waals surface area contributed by atoms with E-state index < -0.39 is 59.9 Å². The Morgan fingerprint density at radius 1 is 0.865 bits per heavy atom. The molecule has 0 heterocycles. The van der Waals surface area contributed by atoms with E-state index >= 15 is 0 Å². The Morgan fingerprint density at radius 3 is 1.92 bits per heavy atom. The van der Waals surface area contributed by atoms with Crippen molar-refractivity contribution in [2.75, 3.05) is 0 Å². The van der Waals surface area contributed by atoms with Crippen LogP contribution in [0.2, 0.25) is 0 Å². The summed E-state index contributed by atoms with van der Waals surface area (Å²) >= 11 is 0. The Kier molecular flexibility index (Phi) is 12.5. The van der Waals surface area contributed by atoms with Crippen molar-refractivity contribution in [2.45, 2.75) is 76.7 Å². The Labute approximate surface area is 214 Å². The Hall–Kier alpha value is -3.71. The molecule has 0 spiro atoms. The fourth-order valence-corrected chi connectivity index (χ4v) is 3.38. The quantitative estimate of drug-likeness (QED) is 0.141. The minimum Gasteiger partial charge on any atom is -0.508 e. The van der Waals surface area contributed by atoms with Crippen LogP contribution >= 0.6 is 0 Å². The molecule has 13 nitrogen and oxygen atoms in total. The van der Waals surface area contributed by atoms with E-state index in [0.29, 0.717) is 5.56 Å². The number of hydrogen-bond donors (Lipinski definition) is 8. The Bertz CT molecular complexity index is 950. The molecule has 3 amide bonds. The summed E-state index contributed by atoms with van der Waals surface area (Å²) in [5.74, 6) is -5.08. The van der Waals surface area contributed by atoms with E-state index in [0.717, 1.165) is 0 Å². The number of nitrogens with two attached hydrogens (primary N) is 1. The molecule has 0 fully saturated rings. The van der Waals surface area contributed by atoms with Gasteiger partial charge in [-0.2, -0.15) is 0 Å². The predicted octanol–water partition coefficient (Wildman–Crippen LogP) is -0.907. The smallest absolute Gasteiger partial charge is 0.326 e. The number of phenols is 1. The van der Waals surface area contributed by atoms with Gasteiger partial charge in [0.2, 0.25) is 17.7 Å². The molecule has 0 aliphatic heterocycles. The van der Waals surface area contributed by atoms with Gasteiger partial charge in [0, 0.05) is 12.8 Å². The van der Waals surface area contributed by atoms with Gasteiger partial charge in [0.15, 0.2) is 0 Å². The van der Waals surface area contributed by atoms with Gasteiger partial charge < -0.3 is 42.1 Å². The Morgan fingerprint density at radius 2 is 1.43 bits per heavy atom. The average Bonchev–Trinajstić information content (AvgIpc) is 2.80. The zero-order valence-electron chi connectivity index (χ0n) is 21.0. The molecule has 9 N–H and O–H groups in total. The second-order valence-electron chi connectivity index (χ2n) is 9.23. The normalized spacial score (nSPS) is 15.1. The molecule has 0 saturated heterocycles. The van der Waals surface area contributed by atoms with Crippen molar-refractivity contribution in [1.29, 1.82) is 0 Å². The molecule has 0 radical (unpaired) electrons. The van der Waals surface area contributed by atoms with Crippen molar-refractivity contribution in [3.63, 3.8) is 0 Å². The first-order valence-corrected chi connectivity index (χ1v) is 11.8. The topological polar surface area (TPSA) is 228 Å². The summed E-state index contributed by atoms with van der Waals surface area (Å²) in [6, 6.07) is 0.458. The van der Waals surface area contributed by atoms with Crippen LogP contribution in [0, 0.1) is 5.92 Å². The number of carbonyl (C=O) groups is 5. The second-order valence-corrected chi connectivity index (χ2v) is 9.23. The number of carboxylic acid groups (broad SMARTS) is 2. The number of aliphatic hydroxyl groups excluding tert-OH is 1. The van der Waals surface area contributed by atoms with Gasteiger partial charge in [-0.3, -0.25) is 19.2 Å². The van der Waals surface area contributed by atoms with Crippen molar-refractivity contribution in [3.8, 4) is 5.75 Å². The Balaban J connectivity index is 2.95. The first-order chi connectivity index (χ1) is 17.2. The molecular formula is C24H36N4O9.